The number of likely N-dealkylation sites (tertiary alicyclic amines) is 1. The molecule has 1 aromatic rings. The van der Waals surface area contributed by atoms with E-state index in [4.69, 9.17) is 4.42 Å². The normalized spacial score (nSPS) is 17.7. The van der Waals surface area contributed by atoms with E-state index in [1.165, 1.54) is 0 Å². The van der Waals surface area contributed by atoms with Crippen LogP contribution in [-0.2, 0) is 6.54 Å². The number of nitrogens with zero attached hydrogens (tertiary/aromatic N) is 3. The molecule has 0 saturated carbocycles. The molecule has 0 bridgehead atoms. The van der Waals surface area contributed by atoms with Crippen molar-refractivity contribution in [3.05, 3.63) is 17.3 Å². The van der Waals surface area contributed by atoms with Crippen molar-refractivity contribution in [1.82, 2.24) is 20.5 Å². The molecule has 0 spiro atoms. The summed E-state index contributed by atoms with van der Waals surface area (Å²) < 4.78 is 5.59. The highest BCUT2D eigenvalue weighted by Gasteiger charge is 2.21. The van der Waals surface area contributed by atoms with Crippen molar-refractivity contribution < 1.29 is 4.42 Å². The van der Waals surface area contributed by atoms with Gasteiger partial charge in [-0.05, 0) is 47.5 Å². The van der Waals surface area contributed by atoms with Gasteiger partial charge in [0.1, 0.15) is 12.3 Å². The number of aryl methyl sites for hydroxylation is 2. The molecule has 6 heteroatoms. The lowest BCUT2D eigenvalue weighted by Crippen LogP contribution is -2.49. The summed E-state index contributed by atoms with van der Waals surface area (Å²) in [4.78, 5) is 11.5. The van der Waals surface area contributed by atoms with Gasteiger partial charge in [-0.3, -0.25) is 0 Å². The quantitative estimate of drug-likeness (QED) is 0.643. The van der Waals surface area contributed by atoms with Crippen LogP contribution in [0.4, 0.5) is 0 Å². The molecule has 2 N–H and O–H groups in total. The highest BCUT2D eigenvalue weighted by molar-refractivity contribution is 5.80. The molecular weight excluding hydrogens is 290 g/mol. The van der Waals surface area contributed by atoms with Crippen LogP contribution in [0.25, 0.3) is 0 Å². The Hall–Kier alpha value is -1.56. The predicted octanol–water partition coefficient (Wildman–Crippen LogP) is 2.22. The molecule has 1 aromatic heterocycles. The zero-order valence-electron chi connectivity index (χ0n) is 15.1. The monoisotopic (exact) mass is 321 g/mol. The van der Waals surface area contributed by atoms with Crippen molar-refractivity contribution in [2.75, 3.05) is 19.6 Å². The molecule has 0 amide bonds. The van der Waals surface area contributed by atoms with Crippen LogP contribution >= 0.6 is 0 Å². The second kappa shape index (κ2) is 8.34. The summed E-state index contributed by atoms with van der Waals surface area (Å²) in [6, 6.07) is 1.12. The van der Waals surface area contributed by atoms with Crippen molar-refractivity contribution in [3.8, 4) is 0 Å². The largest absolute Gasteiger partial charge is 0.444 e. The fourth-order valence-electron chi connectivity index (χ4n) is 2.83. The SMILES string of the molecule is CCNC(=NCc1nc(C)c(C)o1)NC1CCN(C(C)C)CC1. The minimum Gasteiger partial charge on any atom is -0.444 e. The van der Waals surface area contributed by atoms with Gasteiger partial charge >= 0.3 is 0 Å². The summed E-state index contributed by atoms with van der Waals surface area (Å²) in [5.41, 5.74) is 0.939. The molecule has 0 atom stereocenters. The van der Waals surface area contributed by atoms with Crippen LogP contribution in [0.15, 0.2) is 9.41 Å². The third kappa shape index (κ3) is 5.23. The number of aromatic nitrogens is 1. The van der Waals surface area contributed by atoms with Gasteiger partial charge < -0.3 is 20.0 Å². The first-order valence-corrected chi connectivity index (χ1v) is 8.71. The Bertz CT molecular complexity index is 496. The van der Waals surface area contributed by atoms with Gasteiger partial charge in [0.15, 0.2) is 5.96 Å². The first kappa shape index (κ1) is 17.8. The Labute approximate surface area is 139 Å². The van der Waals surface area contributed by atoms with Gasteiger partial charge in [0.05, 0.1) is 5.69 Å². The lowest BCUT2D eigenvalue weighted by atomic mass is 10.0. The Morgan fingerprint density at radius 2 is 2.04 bits per heavy atom. The highest BCUT2D eigenvalue weighted by atomic mass is 16.4. The standard InChI is InChI=1S/C17H31N5O/c1-6-18-17(19-11-16-20-13(4)14(5)23-16)21-15-7-9-22(10-8-15)12(2)3/h12,15H,6-11H2,1-5H3,(H2,18,19,21). The van der Waals surface area contributed by atoms with E-state index >= 15 is 0 Å². The molecule has 1 aliphatic rings. The van der Waals surface area contributed by atoms with Crippen molar-refractivity contribution in [1.29, 1.82) is 0 Å². The van der Waals surface area contributed by atoms with Gasteiger partial charge in [-0.25, -0.2) is 9.98 Å². The minimum absolute atomic E-state index is 0.467. The second-order valence-electron chi connectivity index (χ2n) is 6.49. The van der Waals surface area contributed by atoms with E-state index in [0.717, 1.165) is 49.9 Å². The molecule has 130 valence electrons. The summed E-state index contributed by atoms with van der Waals surface area (Å²) in [6.45, 7) is 14.1. The smallest absolute Gasteiger partial charge is 0.216 e. The molecule has 0 aromatic carbocycles. The molecule has 0 unspecified atom stereocenters. The molecule has 6 nitrogen and oxygen atoms in total. The van der Waals surface area contributed by atoms with Crippen LogP contribution in [-0.4, -0.2) is 47.6 Å². The molecule has 2 heterocycles. The lowest BCUT2D eigenvalue weighted by Gasteiger charge is -2.35. The van der Waals surface area contributed by atoms with Gasteiger partial charge in [-0.15, -0.1) is 0 Å². The Morgan fingerprint density at radius 3 is 2.57 bits per heavy atom. The summed E-state index contributed by atoms with van der Waals surface area (Å²) in [5, 5.41) is 6.86. The van der Waals surface area contributed by atoms with E-state index in [9.17, 15) is 0 Å². The van der Waals surface area contributed by atoms with E-state index < -0.39 is 0 Å². The van der Waals surface area contributed by atoms with Crippen molar-refractivity contribution in [2.45, 2.75) is 66.1 Å². The topological polar surface area (TPSA) is 65.7 Å². The molecule has 2 rings (SSSR count). The summed E-state index contributed by atoms with van der Waals surface area (Å²) in [5.74, 6) is 2.39. The summed E-state index contributed by atoms with van der Waals surface area (Å²) in [7, 11) is 0. The van der Waals surface area contributed by atoms with Gasteiger partial charge in [0.2, 0.25) is 5.89 Å². The third-order valence-corrected chi connectivity index (χ3v) is 4.39. The second-order valence-corrected chi connectivity index (χ2v) is 6.49. The Morgan fingerprint density at radius 1 is 1.35 bits per heavy atom. The fourth-order valence-corrected chi connectivity index (χ4v) is 2.83. The Balaban J connectivity index is 1.89. The molecule has 0 aliphatic carbocycles. The predicted molar refractivity (Wildman–Crippen MR) is 93.7 cm³/mol. The molecule has 1 aliphatic heterocycles. The summed E-state index contributed by atoms with van der Waals surface area (Å²) in [6.07, 6.45) is 2.31. The van der Waals surface area contributed by atoms with Crippen molar-refractivity contribution >= 4 is 5.96 Å². The maximum atomic E-state index is 5.59. The fraction of sp³-hybridized carbons (Fsp3) is 0.765. The number of guanidine groups is 1. The Kier molecular flexibility index (Phi) is 6.45. The maximum absolute atomic E-state index is 5.59. The van der Waals surface area contributed by atoms with Crippen molar-refractivity contribution in [3.63, 3.8) is 0 Å². The highest BCUT2D eigenvalue weighted by Crippen LogP contribution is 2.13. The van der Waals surface area contributed by atoms with E-state index in [-0.39, 0.29) is 0 Å². The molecule has 0 radical (unpaired) electrons. The average Bonchev–Trinajstić information content (AvgIpc) is 2.84. The van der Waals surface area contributed by atoms with Gasteiger partial charge in [-0.1, -0.05) is 0 Å². The maximum Gasteiger partial charge on any atom is 0.216 e. The number of hydrogen-bond acceptors (Lipinski definition) is 4. The van der Waals surface area contributed by atoms with Crippen LogP contribution in [0.2, 0.25) is 0 Å². The van der Waals surface area contributed by atoms with E-state index in [2.05, 4.69) is 46.3 Å². The van der Waals surface area contributed by atoms with Crippen LogP contribution in [0.5, 0.6) is 0 Å². The van der Waals surface area contributed by atoms with Gasteiger partial charge in [0.25, 0.3) is 0 Å². The third-order valence-electron chi connectivity index (χ3n) is 4.39. The van der Waals surface area contributed by atoms with Gasteiger partial charge in [-0.2, -0.15) is 0 Å². The number of piperidine rings is 1. The zero-order valence-corrected chi connectivity index (χ0v) is 15.1. The van der Waals surface area contributed by atoms with Crippen LogP contribution in [0, 0.1) is 13.8 Å². The number of oxazole rings is 1. The lowest BCUT2D eigenvalue weighted by molar-refractivity contribution is 0.167. The average molecular weight is 321 g/mol. The summed E-state index contributed by atoms with van der Waals surface area (Å²) >= 11 is 0. The van der Waals surface area contributed by atoms with Crippen molar-refractivity contribution in [2.24, 2.45) is 4.99 Å². The molecule has 23 heavy (non-hydrogen) atoms. The number of rotatable bonds is 5. The van der Waals surface area contributed by atoms with Crippen LogP contribution in [0.3, 0.4) is 0 Å². The first-order chi connectivity index (χ1) is 11.0. The van der Waals surface area contributed by atoms with E-state index in [1.807, 2.05) is 13.8 Å². The zero-order chi connectivity index (χ0) is 16.8. The first-order valence-electron chi connectivity index (χ1n) is 8.71. The minimum atomic E-state index is 0.467. The molecule has 1 saturated heterocycles. The number of nitrogens with one attached hydrogen (secondary N) is 2. The number of aliphatic imine (C=N–C) groups is 1. The van der Waals surface area contributed by atoms with Crippen LogP contribution < -0.4 is 10.6 Å². The van der Waals surface area contributed by atoms with E-state index in [0.29, 0.717) is 24.5 Å². The molecular formula is C17H31N5O. The van der Waals surface area contributed by atoms with E-state index in [1.54, 1.807) is 0 Å². The molecule has 1 fully saturated rings. The van der Waals surface area contributed by atoms with Gasteiger partial charge in [0, 0.05) is 31.7 Å². The van der Waals surface area contributed by atoms with Crippen LogP contribution in [0.1, 0.15) is 51.0 Å². The number of hydrogen-bond donors (Lipinski definition) is 2.